The first-order chi connectivity index (χ1) is 13.3. The number of nitrogens with one attached hydrogen (secondary N) is 1. The molecule has 5 nitrogen and oxygen atoms in total. The molecule has 4 aromatic rings. The molecule has 0 aliphatic carbocycles. The summed E-state index contributed by atoms with van der Waals surface area (Å²) in [5.74, 6) is 0.101. The summed E-state index contributed by atoms with van der Waals surface area (Å²) in [7, 11) is 0. The summed E-state index contributed by atoms with van der Waals surface area (Å²) < 4.78 is 1.99. The molecule has 1 N–H and O–H groups in total. The number of fused-ring (bicyclic) bond motifs is 1. The van der Waals surface area contributed by atoms with Crippen LogP contribution in [0, 0.1) is 0 Å². The van der Waals surface area contributed by atoms with Crippen LogP contribution in [-0.4, -0.2) is 38.4 Å². The molecule has 1 amide bonds. The Labute approximate surface area is 160 Å². The van der Waals surface area contributed by atoms with Gasteiger partial charge in [-0.25, -0.2) is 4.98 Å². The van der Waals surface area contributed by atoms with Crippen molar-refractivity contribution >= 4 is 33.9 Å². The van der Waals surface area contributed by atoms with Crippen molar-refractivity contribution in [2.75, 3.05) is 13.1 Å². The van der Waals surface area contributed by atoms with Crippen LogP contribution in [0.1, 0.15) is 21.7 Å². The van der Waals surface area contributed by atoms with Gasteiger partial charge in [-0.15, -0.1) is 11.3 Å². The Hall–Kier alpha value is -3.12. The van der Waals surface area contributed by atoms with E-state index in [1.165, 1.54) is 22.5 Å². The maximum atomic E-state index is 13.1. The normalized spacial score (nSPS) is 14.5. The molecule has 5 rings (SSSR count). The summed E-state index contributed by atoms with van der Waals surface area (Å²) in [4.78, 5) is 23.4. The summed E-state index contributed by atoms with van der Waals surface area (Å²) in [6.45, 7) is 1.35. The topological polar surface area (TPSA) is 53.9 Å². The van der Waals surface area contributed by atoms with Gasteiger partial charge in [-0.1, -0.05) is 6.08 Å². The van der Waals surface area contributed by atoms with Gasteiger partial charge in [0, 0.05) is 48.8 Å². The zero-order valence-corrected chi connectivity index (χ0v) is 15.4. The lowest BCUT2D eigenvalue weighted by Crippen LogP contribution is -2.34. The van der Waals surface area contributed by atoms with Gasteiger partial charge in [0.25, 0.3) is 5.91 Å². The van der Waals surface area contributed by atoms with Gasteiger partial charge in [-0.2, -0.15) is 0 Å². The van der Waals surface area contributed by atoms with Crippen molar-refractivity contribution in [1.29, 1.82) is 0 Å². The lowest BCUT2D eigenvalue weighted by Gasteiger charge is -2.26. The molecule has 5 heterocycles. The number of pyridine rings is 1. The first-order valence-electron chi connectivity index (χ1n) is 8.93. The molecule has 1 aliphatic rings. The standard InChI is InChI=1S/C21H18N4OS/c26-21(19-18(7-13-27-19)24-9-1-2-10-24)25-11-5-15(6-12-25)17-14-23-20-16(17)4-3-8-22-20/h1-5,7-10,13-14H,6,11-12H2,(H,22,23). The second-order valence-electron chi connectivity index (χ2n) is 6.56. The SMILES string of the molecule is O=C(c1sccc1-n1cccc1)N1CC=C(c2c[nH]c3ncccc23)CC1. The molecule has 0 unspecified atom stereocenters. The molecule has 0 spiro atoms. The van der Waals surface area contributed by atoms with E-state index in [2.05, 4.69) is 22.1 Å². The van der Waals surface area contributed by atoms with Gasteiger partial charge in [0.05, 0.1) is 5.69 Å². The second kappa shape index (κ2) is 6.55. The van der Waals surface area contributed by atoms with Gasteiger partial charge < -0.3 is 14.5 Å². The third-order valence-electron chi connectivity index (χ3n) is 5.01. The lowest BCUT2D eigenvalue weighted by atomic mass is 9.99. The van der Waals surface area contributed by atoms with Crippen molar-refractivity contribution in [1.82, 2.24) is 19.4 Å². The van der Waals surface area contributed by atoms with Crippen molar-refractivity contribution < 1.29 is 4.79 Å². The highest BCUT2D eigenvalue weighted by Crippen LogP contribution is 2.30. The largest absolute Gasteiger partial charge is 0.346 e. The lowest BCUT2D eigenvalue weighted by molar-refractivity contribution is 0.0777. The van der Waals surface area contributed by atoms with Gasteiger partial charge >= 0.3 is 0 Å². The van der Waals surface area contributed by atoms with Crippen LogP contribution in [0.15, 0.2) is 66.6 Å². The highest BCUT2D eigenvalue weighted by atomic mass is 32.1. The van der Waals surface area contributed by atoms with Crippen molar-refractivity contribution in [2.24, 2.45) is 0 Å². The molecule has 6 heteroatoms. The van der Waals surface area contributed by atoms with Gasteiger partial charge in [0.1, 0.15) is 10.5 Å². The smallest absolute Gasteiger partial charge is 0.266 e. The fourth-order valence-corrected chi connectivity index (χ4v) is 4.48. The number of hydrogen-bond donors (Lipinski definition) is 1. The van der Waals surface area contributed by atoms with Crippen LogP contribution in [-0.2, 0) is 0 Å². The van der Waals surface area contributed by atoms with Crippen LogP contribution in [0.25, 0.3) is 22.3 Å². The van der Waals surface area contributed by atoms with Gasteiger partial charge in [-0.3, -0.25) is 4.79 Å². The summed E-state index contributed by atoms with van der Waals surface area (Å²) in [6, 6.07) is 9.98. The minimum Gasteiger partial charge on any atom is -0.346 e. The third kappa shape index (κ3) is 2.78. The summed E-state index contributed by atoms with van der Waals surface area (Å²) >= 11 is 1.50. The molecule has 0 atom stereocenters. The van der Waals surface area contributed by atoms with Crippen LogP contribution in [0.3, 0.4) is 0 Å². The molecule has 134 valence electrons. The van der Waals surface area contributed by atoms with Crippen molar-refractivity contribution in [3.8, 4) is 5.69 Å². The predicted molar refractivity (Wildman–Crippen MR) is 108 cm³/mol. The van der Waals surface area contributed by atoms with Crippen LogP contribution in [0.5, 0.6) is 0 Å². The Kier molecular flexibility index (Phi) is 3.90. The van der Waals surface area contributed by atoms with Crippen LogP contribution in [0.4, 0.5) is 0 Å². The number of aromatic nitrogens is 3. The Morgan fingerprint density at radius 3 is 2.89 bits per heavy atom. The molecule has 0 aromatic carbocycles. The third-order valence-corrected chi connectivity index (χ3v) is 5.91. The zero-order chi connectivity index (χ0) is 18.2. The average molecular weight is 374 g/mol. The molecule has 0 radical (unpaired) electrons. The summed E-state index contributed by atoms with van der Waals surface area (Å²) in [5, 5.41) is 3.11. The number of aromatic amines is 1. The number of hydrogen-bond acceptors (Lipinski definition) is 3. The van der Waals surface area contributed by atoms with Crippen molar-refractivity contribution in [2.45, 2.75) is 6.42 Å². The number of carbonyl (C=O) groups is 1. The van der Waals surface area contributed by atoms with Crippen LogP contribution >= 0.6 is 11.3 Å². The van der Waals surface area contributed by atoms with Crippen LogP contribution in [0.2, 0.25) is 0 Å². The highest BCUT2D eigenvalue weighted by Gasteiger charge is 2.23. The number of amides is 1. The Balaban J connectivity index is 1.39. The molecule has 0 bridgehead atoms. The predicted octanol–water partition coefficient (Wildman–Crippen LogP) is 4.34. The molecule has 0 saturated carbocycles. The highest BCUT2D eigenvalue weighted by molar-refractivity contribution is 7.12. The molecular formula is C21H18N4OS. The number of carbonyl (C=O) groups excluding carboxylic acids is 1. The number of rotatable bonds is 3. The van der Waals surface area contributed by atoms with Crippen LogP contribution < -0.4 is 0 Å². The van der Waals surface area contributed by atoms with Crippen molar-refractivity contribution in [3.63, 3.8) is 0 Å². The van der Waals surface area contributed by atoms with E-state index in [4.69, 9.17) is 0 Å². The molecule has 4 aromatic heterocycles. The van der Waals surface area contributed by atoms with Gasteiger partial charge in [0.2, 0.25) is 0 Å². The first kappa shape index (κ1) is 16.1. The minimum atomic E-state index is 0.101. The van der Waals surface area contributed by atoms with Gasteiger partial charge in [0.15, 0.2) is 0 Å². The molecule has 27 heavy (non-hydrogen) atoms. The summed E-state index contributed by atoms with van der Waals surface area (Å²) in [5.41, 5.74) is 4.32. The minimum absolute atomic E-state index is 0.101. The fraction of sp³-hybridized carbons (Fsp3) is 0.143. The van der Waals surface area contributed by atoms with E-state index in [1.54, 1.807) is 6.20 Å². The van der Waals surface area contributed by atoms with E-state index in [0.717, 1.165) is 34.6 Å². The first-order valence-corrected chi connectivity index (χ1v) is 9.81. The summed E-state index contributed by atoms with van der Waals surface area (Å²) in [6.07, 6.45) is 10.8. The second-order valence-corrected chi connectivity index (χ2v) is 7.47. The monoisotopic (exact) mass is 374 g/mol. The van der Waals surface area contributed by atoms with Gasteiger partial charge in [-0.05, 0) is 47.7 Å². The van der Waals surface area contributed by atoms with E-state index in [0.29, 0.717) is 6.54 Å². The quantitative estimate of drug-likeness (QED) is 0.580. The van der Waals surface area contributed by atoms with E-state index in [1.807, 2.05) is 57.7 Å². The molecular weight excluding hydrogens is 356 g/mol. The van der Waals surface area contributed by atoms with E-state index in [9.17, 15) is 4.79 Å². The number of thiophene rings is 1. The Bertz CT molecular complexity index is 1140. The number of nitrogens with zero attached hydrogens (tertiary/aromatic N) is 3. The molecule has 0 fully saturated rings. The Morgan fingerprint density at radius 1 is 1.19 bits per heavy atom. The Morgan fingerprint density at radius 2 is 2.07 bits per heavy atom. The maximum absolute atomic E-state index is 13.1. The fourth-order valence-electron chi connectivity index (χ4n) is 3.62. The van der Waals surface area contributed by atoms with Crippen molar-refractivity contribution in [3.05, 3.63) is 77.0 Å². The number of H-pyrrole nitrogens is 1. The van der Waals surface area contributed by atoms with E-state index in [-0.39, 0.29) is 5.91 Å². The van der Waals surface area contributed by atoms with E-state index >= 15 is 0 Å². The molecule has 0 saturated heterocycles. The zero-order valence-electron chi connectivity index (χ0n) is 14.6. The average Bonchev–Trinajstić information content (AvgIpc) is 3.47. The molecule has 1 aliphatic heterocycles. The van der Waals surface area contributed by atoms with E-state index < -0.39 is 0 Å². The maximum Gasteiger partial charge on any atom is 0.266 e.